The van der Waals surface area contributed by atoms with Crippen LogP contribution in [0.3, 0.4) is 0 Å². The normalized spacial score (nSPS) is 16.2. The Bertz CT molecular complexity index is 1220. The molecule has 0 amide bonds. The summed E-state index contributed by atoms with van der Waals surface area (Å²) in [6.45, 7) is 2.00. The van der Waals surface area contributed by atoms with Crippen LogP contribution in [0.4, 0.5) is 0 Å². The third-order valence-corrected chi connectivity index (χ3v) is 7.00. The summed E-state index contributed by atoms with van der Waals surface area (Å²) in [7, 11) is -0.773. The first-order valence-corrected chi connectivity index (χ1v) is 11.3. The van der Waals surface area contributed by atoms with Gasteiger partial charge in [0.1, 0.15) is 0 Å². The van der Waals surface area contributed by atoms with Crippen molar-refractivity contribution in [2.24, 2.45) is 5.10 Å². The van der Waals surface area contributed by atoms with Crippen LogP contribution >= 0.6 is 0 Å². The van der Waals surface area contributed by atoms with E-state index in [0.29, 0.717) is 29.2 Å². The molecule has 4 rings (SSSR count). The second-order valence-electron chi connectivity index (χ2n) is 7.31. The van der Waals surface area contributed by atoms with Gasteiger partial charge in [-0.25, -0.2) is 0 Å². The van der Waals surface area contributed by atoms with E-state index in [1.807, 2.05) is 43.3 Å². The van der Waals surface area contributed by atoms with Crippen molar-refractivity contribution < 1.29 is 17.9 Å². The van der Waals surface area contributed by atoms with Gasteiger partial charge >= 0.3 is 0 Å². The second-order valence-corrected chi connectivity index (χ2v) is 9.11. The van der Waals surface area contributed by atoms with Crippen LogP contribution in [0.1, 0.15) is 29.2 Å². The van der Waals surface area contributed by atoms with Crippen molar-refractivity contribution >= 4 is 15.7 Å². The van der Waals surface area contributed by atoms with Crippen LogP contribution in [0.2, 0.25) is 0 Å². The summed E-state index contributed by atoms with van der Waals surface area (Å²) in [5.41, 5.74) is 3.39. The van der Waals surface area contributed by atoms with E-state index >= 15 is 0 Å². The summed E-state index contributed by atoms with van der Waals surface area (Å²) in [6, 6.07) is 21.2. The molecule has 0 N–H and O–H groups in total. The number of hydrogen-bond donors (Lipinski definition) is 0. The van der Waals surface area contributed by atoms with Gasteiger partial charge in [0.2, 0.25) is 0 Å². The standard InChI is InChI=1S/C24H24N2O4S/c1-17-9-7-10-18(15-17)21-16-22(20-13-8-14-23(29-2)24(20)30-3)26(25-21)31(27,28)19-11-5-4-6-12-19/h4-15,22H,16H2,1-3H3/t22-/m0/s1. The van der Waals surface area contributed by atoms with Crippen LogP contribution < -0.4 is 9.47 Å². The van der Waals surface area contributed by atoms with E-state index in [4.69, 9.17) is 9.47 Å². The number of hydrazone groups is 1. The molecule has 160 valence electrons. The van der Waals surface area contributed by atoms with E-state index in [1.165, 1.54) is 4.41 Å². The molecule has 6 nitrogen and oxygen atoms in total. The van der Waals surface area contributed by atoms with Crippen LogP contribution in [-0.2, 0) is 10.0 Å². The van der Waals surface area contributed by atoms with E-state index in [2.05, 4.69) is 5.10 Å². The van der Waals surface area contributed by atoms with Crippen molar-refractivity contribution in [1.82, 2.24) is 4.41 Å². The van der Waals surface area contributed by atoms with Crippen molar-refractivity contribution in [3.8, 4) is 11.5 Å². The van der Waals surface area contributed by atoms with Gasteiger partial charge in [0.05, 0.1) is 30.9 Å². The summed E-state index contributed by atoms with van der Waals surface area (Å²) >= 11 is 0. The SMILES string of the molecule is COc1cccc([C@@H]2CC(c3cccc(C)c3)=NN2S(=O)(=O)c2ccccc2)c1OC. The van der Waals surface area contributed by atoms with Crippen molar-refractivity contribution in [2.75, 3.05) is 14.2 Å². The minimum absolute atomic E-state index is 0.191. The molecule has 0 aliphatic carbocycles. The molecular formula is C24H24N2O4S. The van der Waals surface area contributed by atoms with Crippen molar-refractivity contribution in [3.63, 3.8) is 0 Å². The Morgan fingerprint density at radius 1 is 0.935 bits per heavy atom. The number of nitrogens with zero attached hydrogens (tertiary/aromatic N) is 2. The maximum atomic E-state index is 13.6. The zero-order valence-electron chi connectivity index (χ0n) is 17.6. The lowest BCUT2D eigenvalue weighted by Crippen LogP contribution is -2.27. The Kier molecular flexibility index (Phi) is 5.69. The highest BCUT2D eigenvalue weighted by molar-refractivity contribution is 7.89. The Morgan fingerprint density at radius 2 is 1.68 bits per heavy atom. The topological polar surface area (TPSA) is 68.2 Å². The van der Waals surface area contributed by atoms with E-state index < -0.39 is 16.1 Å². The summed E-state index contributed by atoms with van der Waals surface area (Å²) in [5.74, 6) is 1.05. The van der Waals surface area contributed by atoms with Gasteiger partial charge in [0.15, 0.2) is 11.5 Å². The van der Waals surface area contributed by atoms with Crippen molar-refractivity contribution in [1.29, 1.82) is 0 Å². The van der Waals surface area contributed by atoms with Gasteiger partial charge in [0.25, 0.3) is 10.0 Å². The number of para-hydroxylation sites is 1. The number of rotatable bonds is 6. The summed E-state index contributed by atoms with van der Waals surface area (Å²) in [4.78, 5) is 0.191. The Morgan fingerprint density at radius 3 is 2.35 bits per heavy atom. The van der Waals surface area contributed by atoms with Gasteiger partial charge in [-0.15, -0.1) is 0 Å². The number of hydrogen-bond acceptors (Lipinski definition) is 5. The molecule has 0 fully saturated rings. The number of aryl methyl sites for hydroxylation is 1. The van der Waals surface area contributed by atoms with E-state index in [-0.39, 0.29) is 4.90 Å². The first-order chi connectivity index (χ1) is 15.0. The average Bonchev–Trinajstić information content (AvgIpc) is 3.25. The van der Waals surface area contributed by atoms with Gasteiger partial charge in [0, 0.05) is 12.0 Å². The van der Waals surface area contributed by atoms with Crippen LogP contribution in [0.5, 0.6) is 11.5 Å². The van der Waals surface area contributed by atoms with Crippen molar-refractivity contribution in [3.05, 3.63) is 89.5 Å². The lowest BCUT2D eigenvalue weighted by Gasteiger charge is -2.25. The van der Waals surface area contributed by atoms with E-state index in [1.54, 1.807) is 50.6 Å². The Hall–Kier alpha value is -3.32. The van der Waals surface area contributed by atoms with Crippen LogP contribution in [0, 0.1) is 6.92 Å². The average molecular weight is 437 g/mol. The van der Waals surface area contributed by atoms with Gasteiger partial charge in [-0.1, -0.05) is 60.2 Å². The monoisotopic (exact) mass is 436 g/mol. The quantitative estimate of drug-likeness (QED) is 0.568. The first kappa shape index (κ1) is 20.9. The predicted molar refractivity (Wildman–Crippen MR) is 120 cm³/mol. The molecule has 0 unspecified atom stereocenters. The molecule has 1 atom stereocenters. The van der Waals surface area contributed by atoms with Crippen molar-refractivity contribution in [2.45, 2.75) is 24.3 Å². The molecular weight excluding hydrogens is 412 g/mol. The third-order valence-electron chi connectivity index (χ3n) is 5.30. The lowest BCUT2D eigenvalue weighted by atomic mass is 9.97. The largest absolute Gasteiger partial charge is 0.493 e. The zero-order valence-corrected chi connectivity index (χ0v) is 18.5. The summed E-state index contributed by atoms with van der Waals surface area (Å²) in [5, 5.41) is 4.60. The molecule has 3 aromatic carbocycles. The third kappa shape index (κ3) is 3.88. The highest BCUT2D eigenvalue weighted by Crippen LogP contribution is 2.43. The molecule has 1 heterocycles. The fourth-order valence-electron chi connectivity index (χ4n) is 3.82. The Balaban J connectivity index is 1.87. The summed E-state index contributed by atoms with van der Waals surface area (Å²) < 4.78 is 39.4. The fraction of sp³-hybridized carbons (Fsp3) is 0.208. The van der Waals surface area contributed by atoms with Crippen LogP contribution in [0.15, 0.2) is 82.8 Å². The predicted octanol–water partition coefficient (Wildman–Crippen LogP) is 4.55. The maximum Gasteiger partial charge on any atom is 0.279 e. The van der Waals surface area contributed by atoms with Crippen LogP contribution in [-0.4, -0.2) is 32.8 Å². The lowest BCUT2D eigenvalue weighted by molar-refractivity contribution is 0.328. The zero-order chi connectivity index (χ0) is 22.0. The minimum Gasteiger partial charge on any atom is -0.493 e. The highest BCUT2D eigenvalue weighted by atomic mass is 32.2. The first-order valence-electron chi connectivity index (χ1n) is 9.90. The van der Waals surface area contributed by atoms with Gasteiger partial charge in [-0.05, 0) is 30.7 Å². The van der Waals surface area contributed by atoms with Gasteiger partial charge in [-0.2, -0.15) is 17.9 Å². The molecule has 1 aliphatic rings. The molecule has 0 saturated heterocycles. The van der Waals surface area contributed by atoms with E-state index in [9.17, 15) is 8.42 Å². The van der Waals surface area contributed by atoms with E-state index in [0.717, 1.165) is 11.1 Å². The highest BCUT2D eigenvalue weighted by Gasteiger charge is 2.39. The number of methoxy groups -OCH3 is 2. The molecule has 7 heteroatoms. The fourth-order valence-corrected chi connectivity index (χ4v) is 5.26. The molecule has 0 spiro atoms. The molecule has 0 saturated carbocycles. The van der Waals surface area contributed by atoms with Gasteiger partial charge in [-0.3, -0.25) is 0 Å². The maximum absolute atomic E-state index is 13.6. The molecule has 3 aromatic rings. The molecule has 0 radical (unpaired) electrons. The number of benzene rings is 3. The number of sulfonamides is 1. The molecule has 1 aliphatic heterocycles. The van der Waals surface area contributed by atoms with Gasteiger partial charge < -0.3 is 9.47 Å². The Labute approximate surface area is 182 Å². The van der Waals surface area contributed by atoms with Crippen LogP contribution in [0.25, 0.3) is 0 Å². The molecule has 0 aromatic heterocycles. The summed E-state index contributed by atoms with van der Waals surface area (Å²) in [6.07, 6.45) is 0.416. The molecule has 31 heavy (non-hydrogen) atoms. The smallest absolute Gasteiger partial charge is 0.279 e. The molecule has 0 bridgehead atoms. The second kappa shape index (κ2) is 8.43. The number of ether oxygens (including phenoxy) is 2. The minimum atomic E-state index is -3.88.